The van der Waals surface area contributed by atoms with Gasteiger partial charge in [0.2, 0.25) is 0 Å². The Labute approximate surface area is 106 Å². The van der Waals surface area contributed by atoms with Crippen LogP contribution in [0.5, 0.6) is 0 Å². The van der Waals surface area contributed by atoms with Gasteiger partial charge >= 0.3 is 5.97 Å². The number of hydrogen-bond acceptors (Lipinski definition) is 2. The van der Waals surface area contributed by atoms with E-state index < -0.39 is 11.8 Å². The fraction of sp³-hybridized carbons (Fsp3) is 0.500. The summed E-state index contributed by atoms with van der Waals surface area (Å²) in [5, 5.41) is 8.82. The molecule has 1 saturated carbocycles. The Morgan fingerprint density at radius 2 is 2.06 bits per heavy atom. The van der Waals surface area contributed by atoms with Gasteiger partial charge in [0.25, 0.3) is 0 Å². The summed E-state index contributed by atoms with van der Waals surface area (Å²) in [5.41, 5.74) is 0.542. The van der Waals surface area contributed by atoms with Crippen LogP contribution < -0.4 is 0 Å². The first-order chi connectivity index (χ1) is 8.65. The maximum absolute atomic E-state index is 13.2. The minimum Gasteiger partial charge on any atom is -0.478 e. The third kappa shape index (κ3) is 3.53. The van der Waals surface area contributed by atoms with E-state index in [0.717, 1.165) is 6.07 Å². The van der Waals surface area contributed by atoms with Crippen LogP contribution in [0.4, 0.5) is 4.39 Å². The van der Waals surface area contributed by atoms with Crippen molar-refractivity contribution in [1.29, 1.82) is 0 Å². The van der Waals surface area contributed by atoms with Crippen LogP contribution in [0.2, 0.25) is 0 Å². The Morgan fingerprint density at radius 3 is 2.72 bits per heavy atom. The van der Waals surface area contributed by atoms with Gasteiger partial charge in [0.15, 0.2) is 0 Å². The number of benzene rings is 1. The number of carboxylic acid groups (broad SMARTS) is 1. The summed E-state index contributed by atoms with van der Waals surface area (Å²) in [5.74, 6) is -1.04. The molecule has 1 aliphatic rings. The first-order valence-corrected chi connectivity index (χ1v) is 6.25. The quantitative estimate of drug-likeness (QED) is 0.875. The molecule has 1 aromatic carbocycles. The molecule has 1 aliphatic carbocycles. The van der Waals surface area contributed by atoms with Crippen LogP contribution in [0.3, 0.4) is 0 Å². The lowest BCUT2D eigenvalue weighted by atomic mass is 10.1. The smallest absolute Gasteiger partial charge is 0.335 e. The lowest BCUT2D eigenvalue weighted by Gasteiger charge is -2.10. The minimum absolute atomic E-state index is 0.0329. The predicted molar refractivity (Wildman–Crippen MR) is 65.0 cm³/mol. The molecule has 0 amide bonds. The van der Waals surface area contributed by atoms with E-state index in [-0.39, 0.29) is 12.2 Å². The average Bonchev–Trinajstić information content (AvgIpc) is 2.81. The molecule has 18 heavy (non-hydrogen) atoms. The molecule has 98 valence electrons. The summed E-state index contributed by atoms with van der Waals surface area (Å²) in [7, 11) is 0. The molecular formula is C14H17FO3. The zero-order valence-corrected chi connectivity index (χ0v) is 10.2. The SMILES string of the molecule is O=C(O)c1cc(F)cc(COCC2CCCC2)c1. The highest BCUT2D eigenvalue weighted by atomic mass is 19.1. The van der Waals surface area contributed by atoms with Gasteiger partial charge in [-0.15, -0.1) is 0 Å². The van der Waals surface area contributed by atoms with Gasteiger partial charge < -0.3 is 9.84 Å². The van der Waals surface area contributed by atoms with Crippen LogP contribution in [0.15, 0.2) is 18.2 Å². The van der Waals surface area contributed by atoms with E-state index in [9.17, 15) is 9.18 Å². The van der Waals surface area contributed by atoms with Crippen molar-refractivity contribution in [2.24, 2.45) is 5.92 Å². The Balaban J connectivity index is 1.89. The Bertz CT molecular complexity index is 425. The highest BCUT2D eigenvalue weighted by molar-refractivity contribution is 5.87. The molecule has 4 heteroatoms. The fourth-order valence-electron chi connectivity index (χ4n) is 2.38. The third-order valence-electron chi connectivity index (χ3n) is 3.30. The summed E-state index contributed by atoms with van der Waals surface area (Å²) in [4.78, 5) is 10.8. The summed E-state index contributed by atoms with van der Waals surface area (Å²) in [6.07, 6.45) is 4.92. The molecule has 0 atom stereocenters. The Kier molecular flexibility index (Phi) is 4.31. The van der Waals surface area contributed by atoms with Gasteiger partial charge in [0.1, 0.15) is 5.82 Å². The Hall–Kier alpha value is -1.42. The van der Waals surface area contributed by atoms with E-state index >= 15 is 0 Å². The van der Waals surface area contributed by atoms with Crippen LogP contribution in [0, 0.1) is 11.7 Å². The average molecular weight is 252 g/mol. The molecule has 3 nitrogen and oxygen atoms in total. The number of rotatable bonds is 5. The van der Waals surface area contributed by atoms with Crippen molar-refractivity contribution in [3.05, 3.63) is 35.1 Å². The Morgan fingerprint density at radius 1 is 1.33 bits per heavy atom. The van der Waals surface area contributed by atoms with E-state index in [1.807, 2.05) is 0 Å². The van der Waals surface area contributed by atoms with Gasteiger partial charge in [-0.3, -0.25) is 0 Å². The normalized spacial score (nSPS) is 16.1. The highest BCUT2D eigenvalue weighted by Crippen LogP contribution is 2.25. The maximum Gasteiger partial charge on any atom is 0.335 e. The molecule has 1 aromatic rings. The van der Waals surface area contributed by atoms with Crippen molar-refractivity contribution in [3.63, 3.8) is 0 Å². The molecule has 0 unspecified atom stereocenters. The van der Waals surface area contributed by atoms with Crippen molar-refractivity contribution < 1.29 is 19.0 Å². The molecule has 0 bridgehead atoms. The number of carbonyl (C=O) groups is 1. The third-order valence-corrected chi connectivity index (χ3v) is 3.30. The molecule has 0 radical (unpaired) electrons. The number of ether oxygens (including phenoxy) is 1. The van der Waals surface area contributed by atoms with E-state index in [2.05, 4.69) is 0 Å². The summed E-state index contributed by atoms with van der Waals surface area (Å²) in [6, 6.07) is 3.80. The maximum atomic E-state index is 13.2. The topological polar surface area (TPSA) is 46.5 Å². The van der Waals surface area contributed by atoms with Crippen LogP contribution in [0.1, 0.15) is 41.6 Å². The second kappa shape index (κ2) is 5.96. The second-order valence-electron chi connectivity index (χ2n) is 4.82. The number of carboxylic acids is 1. The lowest BCUT2D eigenvalue weighted by molar-refractivity contribution is 0.0694. The fourth-order valence-corrected chi connectivity index (χ4v) is 2.38. The minimum atomic E-state index is -1.12. The zero-order valence-electron chi connectivity index (χ0n) is 10.2. The van der Waals surface area contributed by atoms with Gasteiger partial charge in [-0.1, -0.05) is 12.8 Å². The van der Waals surface area contributed by atoms with E-state index in [1.54, 1.807) is 0 Å². The molecule has 0 aromatic heterocycles. The van der Waals surface area contributed by atoms with Gasteiger partial charge in [0, 0.05) is 6.61 Å². The lowest BCUT2D eigenvalue weighted by Crippen LogP contribution is -2.06. The zero-order chi connectivity index (χ0) is 13.0. The van der Waals surface area contributed by atoms with Crippen molar-refractivity contribution >= 4 is 5.97 Å². The molecule has 2 rings (SSSR count). The molecule has 0 aliphatic heterocycles. The largest absolute Gasteiger partial charge is 0.478 e. The highest BCUT2D eigenvalue weighted by Gasteiger charge is 2.15. The standard InChI is InChI=1S/C14H17FO3/c15-13-6-11(5-12(7-13)14(16)17)9-18-8-10-3-1-2-4-10/h5-7,10H,1-4,8-9H2,(H,16,17). The number of hydrogen-bond donors (Lipinski definition) is 1. The van der Waals surface area contributed by atoms with Gasteiger partial charge in [0.05, 0.1) is 12.2 Å². The van der Waals surface area contributed by atoms with Gasteiger partial charge in [-0.2, -0.15) is 0 Å². The van der Waals surface area contributed by atoms with Crippen molar-refractivity contribution in [3.8, 4) is 0 Å². The van der Waals surface area contributed by atoms with E-state index in [4.69, 9.17) is 9.84 Å². The molecule has 0 spiro atoms. The molecule has 0 heterocycles. The van der Waals surface area contributed by atoms with Crippen molar-refractivity contribution in [2.45, 2.75) is 32.3 Å². The van der Waals surface area contributed by atoms with Crippen LogP contribution >= 0.6 is 0 Å². The summed E-state index contributed by atoms with van der Waals surface area (Å²) < 4.78 is 18.7. The van der Waals surface area contributed by atoms with Gasteiger partial charge in [-0.05, 0) is 42.5 Å². The van der Waals surface area contributed by atoms with E-state index in [1.165, 1.54) is 37.8 Å². The summed E-state index contributed by atoms with van der Waals surface area (Å²) in [6.45, 7) is 0.952. The molecular weight excluding hydrogens is 235 g/mol. The van der Waals surface area contributed by atoms with Crippen molar-refractivity contribution in [1.82, 2.24) is 0 Å². The molecule has 0 saturated heterocycles. The van der Waals surface area contributed by atoms with E-state index in [0.29, 0.717) is 18.1 Å². The number of halogens is 1. The van der Waals surface area contributed by atoms with Crippen LogP contribution in [0.25, 0.3) is 0 Å². The molecule has 1 fully saturated rings. The van der Waals surface area contributed by atoms with Crippen molar-refractivity contribution in [2.75, 3.05) is 6.61 Å². The van der Waals surface area contributed by atoms with Gasteiger partial charge in [-0.25, -0.2) is 9.18 Å². The first-order valence-electron chi connectivity index (χ1n) is 6.25. The number of aromatic carboxylic acids is 1. The van der Waals surface area contributed by atoms with Crippen LogP contribution in [-0.4, -0.2) is 17.7 Å². The van der Waals surface area contributed by atoms with Crippen LogP contribution in [-0.2, 0) is 11.3 Å². The monoisotopic (exact) mass is 252 g/mol. The second-order valence-corrected chi connectivity index (χ2v) is 4.82. The first kappa shape index (κ1) is 13.0. The predicted octanol–water partition coefficient (Wildman–Crippen LogP) is 3.23. The molecule has 1 N–H and O–H groups in total. The summed E-state index contributed by atoms with van der Waals surface area (Å²) >= 11 is 0.